The van der Waals surface area contributed by atoms with Gasteiger partial charge in [0.15, 0.2) is 0 Å². The number of hydrogen-bond donors (Lipinski definition) is 2. The van der Waals surface area contributed by atoms with Crippen LogP contribution in [0.25, 0.3) is 0 Å². The first-order chi connectivity index (χ1) is 8.95. The van der Waals surface area contributed by atoms with Gasteiger partial charge in [-0.1, -0.05) is 15.9 Å². The Morgan fingerprint density at radius 2 is 2.05 bits per heavy atom. The molecule has 0 radical (unpaired) electrons. The largest absolute Gasteiger partial charge is 0.396 e. The molecule has 4 nitrogen and oxygen atoms in total. The lowest BCUT2D eigenvalue weighted by molar-refractivity contribution is -0.124. The third-order valence-corrected chi connectivity index (χ3v) is 4.00. The van der Waals surface area contributed by atoms with E-state index in [1.165, 1.54) is 0 Å². The molecule has 1 heterocycles. The standard InChI is InChI=1S/C14H19BrN2O2/c1-14(2)9-16-13(19)12(7-8-18)17(14)11-5-3-10(15)4-6-11/h3-6,12,18H,7-9H2,1-2H3,(H,16,19). The lowest BCUT2D eigenvalue weighted by Gasteiger charge is -2.48. The molecular weight excluding hydrogens is 308 g/mol. The van der Waals surface area contributed by atoms with E-state index >= 15 is 0 Å². The van der Waals surface area contributed by atoms with E-state index in [2.05, 4.69) is 40.0 Å². The maximum atomic E-state index is 12.0. The summed E-state index contributed by atoms with van der Waals surface area (Å²) in [7, 11) is 0. The normalized spacial score (nSPS) is 22.2. The van der Waals surface area contributed by atoms with Crippen molar-refractivity contribution >= 4 is 27.5 Å². The number of aliphatic hydroxyl groups is 1. The molecule has 0 spiro atoms. The number of anilines is 1. The molecule has 1 amide bonds. The fraction of sp³-hybridized carbons (Fsp3) is 0.500. The van der Waals surface area contributed by atoms with Gasteiger partial charge in [-0.2, -0.15) is 0 Å². The number of carbonyl (C=O) groups is 1. The van der Waals surface area contributed by atoms with Crippen molar-refractivity contribution in [1.29, 1.82) is 0 Å². The summed E-state index contributed by atoms with van der Waals surface area (Å²) in [6, 6.07) is 7.60. The van der Waals surface area contributed by atoms with Crippen molar-refractivity contribution in [3.05, 3.63) is 28.7 Å². The number of aliphatic hydroxyl groups excluding tert-OH is 1. The molecule has 0 bridgehead atoms. The van der Waals surface area contributed by atoms with Crippen LogP contribution in [0.2, 0.25) is 0 Å². The second kappa shape index (κ2) is 5.51. The average molecular weight is 327 g/mol. The van der Waals surface area contributed by atoms with Crippen molar-refractivity contribution < 1.29 is 9.90 Å². The molecule has 1 saturated heterocycles. The number of nitrogens with one attached hydrogen (secondary N) is 1. The molecule has 2 rings (SSSR count). The molecule has 5 heteroatoms. The number of halogens is 1. The Hall–Kier alpha value is -1.07. The van der Waals surface area contributed by atoms with E-state index in [0.717, 1.165) is 10.2 Å². The van der Waals surface area contributed by atoms with Crippen LogP contribution in [0, 0.1) is 0 Å². The molecule has 0 aliphatic carbocycles. The van der Waals surface area contributed by atoms with Crippen molar-refractivity contribution in [2.45, 2.75) is 31.8 Å². The highest BCUT2D eigenvalue weighted by Crippen LogP contribution is 2.31. The lowest BCUT2D eigenvalue weighted by Crippen LogP contribution is -2.66. The zero-order chi connectivity index (χ0) is 14.0. The number of nitrogens with zero attached hydrogens (tertiary/aromatic N) is 1. The van der Waals surface area contributed by atoms with Gasteiger partial charge in [-0.15, -0.1) is 0 Å². The van der Waals surface area contributed by atoms with Gasteiger partial charge in [0, 0.05) is 23.3 Å². The highest BCUT2D eigenvalue weighted by Gasteiger charge is 2.40. The highest BCUT2D eigenvalue weighted by atomic mass is 79.9. The van der Waals surface area contributed by atoms with Crippen LogP contribution in [0.4, 0.5) is 5.69 Å². The molecule has 1 aliphatic rings. The van der Waals surface area contributed by atoms with Crippen molar-refractivity contribution in [2.75, 3.05) is 18.1 Å². The number of benzene rings is 1. The van der Waals surface area contributed by atoms with Crippen molar-refractivity contribution in [1.82, 2.24) is 5.32 Å². The summed E-state index contributed by atoms with van der Waals surface area (Å²) in [6.45, 7) is 4.79. The molecule has 1 atom stereocenters. The van der Waals surface area contributed by atoms with E-state index in [1.807, 2.05) is 24.3 Å². The summed E-state index contributed by atoms with van der Waals surface area (Å²) >= 11 is 3.42. The fourth-order valence-electron chi connectivity index (χ4n) is 2.56. The zero-order valence-corrected chi connectivity index (χ0v) is 12.8. The first kappa shape index (κ1) is 14.3. The molecule has 1 aromatic carbocycles. The maximum absolute atomic E-state index is 12.0. The maximum Gasteiger partial charge on any atom is 0.242 e. The molecule has 0 aromatic heterocycles. The van der Waals surface area contributed by atoms with Gasteiger partial charge >= 0.3 is 0 Å². The van der Waals surface area contributed by atoms with Gasteiger partial charge in [-0.25, -0.2) is 0 Å². The van der Waals surface area contributed by atoms with Gasteiger partial charge in [-0.3, -0.25) is 4.79 Å². The van der Waals surface area contributed by atoms with E-state index in [4.69, 9.17) is 0 Å². The molecule has 2 N–H and O–H groups in total. The van der Waals surface area contributed by atoms with Crippen LogP contribution in [-0.4, -0.2) is 35.7 Å². The Balaban J connectivity index is 2.39. The number of piperazine rings is 1. The highest BCUT2D eigenvalue weighted by molar-refractivity contribution is 9.10. The number of carbonyl (C=O) groups excluding carboxylic acids is 1. The predicted octanol–water partition coefficient (Wildman–Crippen LogP) is 1.91. The molecular formula is C14H19BrN2O2. The quantitative estimate of drug-likeness (QED) is 0.892. The minimum atomic E-state index is -0.324. The van der Waals surface area contributed by atoms with E-state index in [0.29, 0.717) is 13.0 Å². The smallest absolute Gasteiger partial charge is 0.242 e. The molecule has 0 saturated carbocycles. The van der Waals surface area contributed by atoms with Gasteiger partial charge in [0.05, 0.1) is 5.54 Å². The van der Waals surface area contributed by atoms with Crippen LogP contribution >= 0.6 is 15.9 Å². The van der Waals surface area contributed by atoms with Gasteiger partial charge in [0.2, 0.25) is 5.91 Å². The Morgan fingerprint density at radius 1 is 1.42 bits per heavy atom. The SMILES string of the molecule is CC1(C)CNC(=O)C(CCO)N1c1ccc(Br)cc1. The van der Waals surface area contributed by atoms with Gasteiger partial charge in [0.1, 0.15) is 6.04 Å². The number of rotatable bonds is 3. The van der Waals surface area contributed by atoms with Crippen LogP contribution in [0.5, 0.6) is 0 Å². The van der Waals surface area contributed by atoms with Crippen LogP contribution in [-0.2, 0) is 4.79 Å². The minimum absolute atomic E-state index is 0.00119. The Bertz CT molecular complexity index is 459. The van der Waals surface area contributed by atoms with E-state index < -0.39 is 0 Å². The molecule has 104 valence electrons. The Labute approximate surface area is 121 Å². The zero-order valence-electron chi connectivity index (χ0n) is 11.2. The van der Waals surface area contributed by atoms with Crippen molar-refractivity contribution in [2.24, 2.45) is 0 Å². The summed E-state index contributed by atoms with van der Waals surface area (Å²) in [5, 5.41) is 12.1. The molecule has 1 aromatic rings. The molecule has 1 fully saturated rings. The minimum Gasteiger partial charge on any atom is -0.396 e. The number of amides is 1. The fourth-order valence-corrected chi connectivity index (χ4v) is 2.82. The predicted molar refractivity (Wildman–Crippen MR) is 79.2 cm³/mol. The summed E-state index contributed by atoms with van der Waals surface area (Å²) in [4.78, 5) is 14.2. The third kappa shape index (κ3) is 2.92. The van der Waals surface area contributed by atoms with Gasteiger partial charge in [0.25, 0.3) is 0 Å². The average Bonchev–Trinajstić information content (AvgIpc) is 2.36. The summed E-state index contributed by atoms with van der Waals surface area (Å²) in [6.07, 6.45) is 0.436. The first-order valence-electron chi connectivity index (χ1n) is 6.39. The Morgan fingerprint density at radius 3 is 2.63 bits per heavy atom. The van der Waals surface area contributed by atoms with Crippen LogP contribution < -0.4 is 10.2 Å². The second-order valence-corrected chi connectivity index (χ2v) is 6.32. The molecule has 19 heavy (non-hydrogen) atoms. The number of hydrogen-bond acceptors (Lipinski definition) is 3. The topological polar surface area (TPSA) is 52.6 Å². The molecule has 1 unspecified atom stereocenters. The van der Waals surface area contributed by atoms with Crippen molar-refractivity contribution in [3.63, 3.8) is 0 Å². The van der Waals surface area contributed by atoms with Crippen LogP contribution in [0.15, 0.2) is 28.7 Å². The van der Waals surface area contributed by atoms with E-state index in [-0.39, 0.29) is 24.1 Å². The molecule has 1 aliphatic heterocycles. The first-order valence-corrected chi connectivity index (χ1v) is 7.18. The summed E-state index contributed by atoms with van der Waals surface area (Å²) < 4.78 is 1.01. The summed E-state index contributed by atoms with van der Waals surface area (Å²) in [5.41, 5.74) is 0.822. The second-order valence-electron chi connectivity index (χ2n) is 5.40. The van der Waals surface area contributed by atoms with E-state index in [1.54, 1.807) is 0 Å². The van der Waals surface area contributed by atoms with Crippen LogP contribution in [0.3, 0.4) is 0 Å². The van der Waals surface area contributed by atoms with Crippen LogP contribution in [0.1, 0.15) is 20.3 Å². The Kier molecular flexibility index (Phi) is 4.16. The van der Waals surface area contributed by atoms with Gasteiger partial charge in [-0.05, 0) is 44.5 Å². The summed E-state index contributed by atoms with van der Waals surface area (Å²) in [5.74, 6) is -0.0173. The monoisotopic (exact) mass is 326 g/mol. The van der Waals surface area contributed by atoms with Crippen molar-refractivity contribution in [3.8, 4) is 0 Å². The third-order valence-electron chi connectivity index (χ3n) is 3.47. The van der Waals surface area contributed by atoms with E-state index in [9.17, 15) is 9.90 Å². The lowest BCUT2D eigenvalue weighted by atomic mass is 9.93. The van der Waals surface area contributed by atoms with Gasteiger partial charge < -0.3 is 15.3 Å².